The van der Waals surface area contributed by atoms with Gasteiger partial charge < -0.3 is 29.9 Å². The fourth-order valence-electron chi connectivity index (χ4n) is 3.22. The maximum absolute atomic E-state index is 12.5. The highest BCUT2D eigenvalue weighted by Crippen LogP contribution is 2.37. The summed E-state index contributed by atoms with van der Waals surface area (Å²) >= 11 is 0. The average molecular weight is 384 g/mol. The minimum absolute atomic E-state index is 0.0411. The summed E-state index contributed by atoms with van der Waals surface area (Å²) in [7, 11) is 0. The van der Waals surface area contributed by atoms with Crippen molar-refractivity contribution < 1.29 is 34.1 Å². The fourth-order valence-corrected chi connectivity index (χ4v) is 3.22. The van der Waals surface area contributed by atoms with Gasteiger partial charge in [0.15, 0.2) is 11.5 Å². The first-order chi connectivity index (χ1) is 13.4. The van der Waals surface area contributed by atoms with E-state index in [4.69, 9.17) is 14.6 Å². The molecule has 1 atom stereocenters. The molecule has 28 heavy (non-hydrogen) atoms. The standard InChI is InChI=1S/C19H16N2O7/c22-14-6-11(1-3-13(14)19(25)26)20-18(24)10-5-17(23)21(8-10)12-2-4-15-16(7-12)28-9-27-15/h1-4,6-7,10,22H,5,8-9H2,(H,20,24)(H,25,26). The number of rotatable bonds is 4. The summed E-state index contributed by atoms with van der Waals surface area (Å²) in [5.74, 6) is -1.73. The molecule has 2 aromatic rings. The molecule has 1 fully saturated rings. The third-order valence-electron chi connectivity index (χ3n) is 4.66. The molecule has 1 unspecified atom stereocenters. The summed E-state index contributed by atoms with van der Waals surface area (Å²) in [6.07, 6.45) is 0.0411. The van der Waals surface area contributed by atoms with E-state index in [2.05, 4.69) is 5.32 Å². The van der Waals surface area contributed by atoms with Gasteiger partial charge in [0.1, 0.15) is 11.3 Å². The Hall–Kier alpha value is -3.75. The molecule has 144 valence electrons. The zero-order chi connectivity index (χ0) is 19.8. The highest BCUT2D eigenvalue weighted by atomic mass is 16.7. The van der Waals surface area contributed by atoms with Crippen LogP contribution >= 0.6 is 0 Å². The van der Waals surface area contributed by atoms with Crippen molar-refractivity contribution in [2.24, 2.45) is 5.92 Å². The molecule has 2 aliphatic heterocycles. The zero-order valence-corrected chi connectivity index (χ0v) is 14.5. The fraction of sp³-hybridized carbons (Fsp3) is 0.211. The summed E-state index contributed by atoms with van der Waals surface area (Å²) in [6.45, 7) is 0.328. The second-order valence-corrected chi connectivity index (χ2v) is 6.47. The molecule has 0 radical (unpaired) electrons. The average Bonchev–Trinajstić information content (AvgIpc) is 3.27. The van der Waals surface area contributed by atoms with Gasteiger partial charge in [0.2, 0.25) is 18.6 Å². The number of carbonyl (C=O) groups is 3. The molecule has 9 heteroatoms. The summed E-state index contributed by atoms with van der Waals surface area (Å²) < 4.78 is 10.6. The van der Waals surface area contributed by atoms with E-state index in [1.165, 1.54) is 17.0 Å². The van der Waals surface area contributed by atoms with Crippen molar-refractivity contribution >= 4 is 29.2 Å². The van der Waals surface area contributed by atoms with Gasteiger partial charge in [-0.1, -0.05) is 0 Å². The number of aromatic hydroxyl groups is 1. The predicted molar refractivity (Wildman–Crippen MR) is 96.7 cm³/mol. The molecule has 2 amide bonds. The zero-order valence-electron chi connectivity index (χ0n) is 14.5. The number of hydrogen-bond donors (Lipinski definition) is 3. The number of anilines is 2. The van der Waals surface area contributed by atoms with Crippen LogP contribution in [0.4, 0.5) is 11.4 Å². The summed E-state index contributed by atoms with van der Waals surface area (Å²) in [5.41, 5.74) is 0.609. The quantitative estimate of drug-likeness (QED) is 0.734. The third kappa shape index (κ3) is 3.18. The number of nitrogens with one attached hydrogen (secondary N) is 1. The highest BCUT2D eigenvalue weighted by molar-refractivity contribution is 6.04. The largest absolute Gasteiger partial charge is 0.507 e. The monoisotopic (exact) mass is 384 g/mol. The van der Waals surface area contributed by atoms with Gasteiger partial charge in [-0.05, 0) is 24.3 Å². The highest BCUT2D eigenvalue weighted by Gasteiger charge is 2.35. The number of fused-ring (bicyclic) bond motifs is 1. The van der Waals surface area contributed by atoms with Crippen LogP contribution in [0.2, 0.25) is 0 Å². The normalized spacial score (nSPS) is 17.6. The Morgan fingerprint density at radius 1 is 1.11 bits per heavy atom. The molecule has 2 heterocycles. The number of nitrogens with zero attached hydrogens (tertiary/aromatic N) is 1. The van der Waals surface area contributed by atoms with Crippen LogP contribution in [0, 0.1) is 5.92 Å². The lowest BCUT2D eigenvalue weighted by atomic mass is 10.1. The van der Waals surface area contributed by atoms with Crippen LogP contribution in [-0.4, -0.2) is 41.3 Å². The Morgan fingerprint density at radius 3 is 2.64 bits per heavy atom. The second kappa shape index (κ2) is 6.76. The van der Waals surface area contributed by atoms with Crippen LogP contribution in [0.5, 0.6) is 17.2 Å². The topological polar surface area (TPSA) is 125 Å². The van der Waals surface area contributed by atoms with Crippen molar-refractivity contribution in [3.8, 4) is 17.2 Å². The van der Waals surface area contributed by atoms with Gasteiger partial charge in [-0.15, -0.1) is 0 Å². The second-order valence-electron chi connectivity index (χ2n) is 6.47. The molecule has 2 aromatic carbocycles. The molecule has 0 bridgehead atoms. The minimum atomic E-state index is -1.27. The molecule has 4 rings (SSSR count). The molecule has 0 aromatic heterocycles. The van der Waals surface area contributed by atoms with Crippen LogP contribution in [0.15, 0.2) is 36.4 Å². The molecule has 9 nitrogen and oxygen atoms in total. The van der Waals surface area contributed by atoms with Crippen molar-refractivity contribution in [3.63, 3.8) is 0 Å². The van der Waals surface area contributed by atoms with Crippen LogP contribution < -0.4 is 19.7 Å². The number of carboxylic acids is 1. The first kappa shape index (κ1) is 17.7. The number of amides is 2. The Morgan fingerprint density at radius 2 is 1.89 bits per heavy atom. The Labute approximate surface area is 159 Å². The number of hydrogen-bond acceptors (Lipinski definition) is 6. The lowest BCUT2D eigenvalue weighted by Crippen LogP contribution is -2.28. The van der Waals surface area contributed by atoms with Crippen molar-refractivity contribution in [1.29, 1.82) is 0 Å². The maximum Gasteiger partial charge on any atom is 0.339 e. The van der Waals surface area contributed by atoms with Gasteiger partial charge in [0.05, 0.1) is 5.92 Å². The minimum Gasteiger partial charge on any atom is -0.507 e. The Bertz CT molecular complexity index is 988. The number of carbonyl (C=O) groups excluding carboxylic acids is 2. The number of ether oxygens (including phenoxy) is 2. The van der Waals surface area contributed by atoms with Gasteiger partial charge in [-0.3, -0.25) is 9.59 Å². The Kier molecular flexibility index (Phi) is 4.26. The van der Waals surface area contributed by atoms with E-state index in [1.54, 1.807) is 18.2 Å². The van der Waals surface area contributed by atoms with Gasteiger partial charge in [0, 0.05) is 36.5 Å². The number of benzene rings is 2. The lowest BCUT2D eigenvalue weighted by Gasteiger charge is -2.17. The number of phenols is 1. The van der Waals surface area contributed by atoms with E-state index in [9.17, 15) is 19.5 Å². The first-order valence-corrected chi connectivity index (χ1v) is 8.49. The van der Waals surface area contributed by atoms with Gasteiger partial charge in [0.25, 0.3) is 0 Å². The molecule has 3 N–H and O–H groups in total. The molecule has 0 saturated carbocycles. The molecule has 2 aliphatic rings. The maximum atomic E-state index is 12.5. The van der Waals surface area contributed by atoms with Crippen LogP contribution in [0.3, 0.4) is 0 Å². The van der Waals surface area contributed by atoms with Gasteiger partial charge >= 0.3 is 5.97 Å². The molecule has 1 saturated heterocycles. The number of aromatic carboxylic acids is 1. The first-order valence-electron chi connectivity index (χ1n) is 8.49. The van der Waals surface area contributed by atoms with E-state index in [0.29, 0.717) is 17.2 Å². The number of carboxylic acid groups (broad SMARTS) is 1. The summed E-state index contributed by atoms with van der Waals surface area (Å²) in [5, 5.41) is 21.3. The van der Waals surface area contributed by atoms with Crippen molar-refractivity contribution in [1.82, 2.24) is 0 Å². The molecule has 0 aliphatic carbocycles. The molecular weight excluding hydrogens is 368 g/mol. The van der Waals surface area contributed by atoms with Gasteiger partial charge in [-0.25, -0.2) is 4.79 Å². The smallest absolute Gasteiger partial charge is 0.339 e. The van der Waals surface area contributed by atoms with Gasteiger partial charge in [-0.2, -0.15) is 0 Å². The summed E-state index contributed by atoms with van der Waals surface area (Å²) in [6, 6.07) is 8.88. The van der Waals surface area contributed by atoms with Crippen LogP contribution in [-0.2, 0) is 9.59 Å². The van der Waals surface area contributed by atoms with Crippen LogP contribution in [0.1, 0.15) is 16.8 Å². The lowest BCUT2D eigenvalue weighted by molar-refractivity contribution is -0.122. The molecule has 0 spiro atoms. The van der Waals surface area contributed by atoms with Crippen molar-refractivity contribution in [2.45, 2.75) is 6.42 Å². The Balaban J connectivity index is 1.46. The van der Waals surface area contributed by atoms with Crippen molar-refractivity contribution in [3.05, 3.63) is 42.0 Å². The van der Waals surface area contributed by atoms with Crippen molar-refractivity contribution in [2.75, 3.05) is 23.6 Å². The van der Waals surface area contributed by atoms with E-state index in [1.807, 2.05) is 0 Å². The third-order valence-corrected chi connectivity index (χ3v) is 4.66. The van der Waals surface area contributed by atoms with Crippen LogP contribution in [0.25, 0.3) is 0 Å². The van der Waals surface area contributed by atoms with E-state index < -0.39 is 17.6 Å². The van der Waals surface area contributed by atoms with E-state index in [0.717, 1.165) is 6.07 Å². The SMILES string of the molecule is O=C(O)c1ccc(NC(=O)C2CC(=O)N(c3ccc4c(c3)OCO4)C2)cc1O. The predicted octanol–water partition coefficient (Wildman–Crippen LogP) is 1.81. The summed E-state index contributed by atoms with van der Waals surface area (Å²) in [4.78, 5) is 37.4. The van der Waals surface area contributed by atoms with E-state index in [-0.39, 0.29) is 42.8 Å². The van der Waals surface area contributed by atoms with E-state index >= 15 is 0 Å². The molecular formula is C19H16N2O7.